The molecule has 1 saturated carbocycles. The molecule has 2 rings (SSSR count). The smallest absolute Gasteiger partial charge is 0.258 e. The lowest BCUT2D eigenvalue weighted by Gasteiger charge is -2.07. The zero-order valence-electron chi connectivity index (χ0n) is 12.3. The minimum Gasteiger partial charge on any atom is -0.392 e. The normalized spacial score (nSPS) is 20.9. The zero-order chi connectivity index (χ0) is 15.2. The SMILES string of the molecule is CC1(C)C(CNS(=O)(=O)c2ccc(CO)cn2)C1(C)C. The second-order valence-electron chi connectivity index (χ2n) is 6.51. The average molecular weight is 298 g/mol. The molecule has 0 aromatic carbocycles. The Kier molecular flexibility index (Phi) is 3.69. The fraction of sp³-hybridized carbons (Fsp3) is 0.643. The second kappa shape index (κ2) is 4.79. The predicted octanol–water partition coefficient (Wildman–Crippen LogP) is 1.53. The Balaban J connectivity index is 2.05. The summed E-state index contributed by atoms with van der Waals surface area (Å²) in [6.45, 7) is 8.89. The summed E-state index contributed by atoms with van der Waals surface area (Å²) in [5.41, 5.74) is 0.876. The maximum absolute atomic E-state index is 12.1. The number of aliphatic hydroxyl groups excluding tert-OH is 1. The van der Waals surface area contributed by atoms with Crippen molar-refractivity contribution in [3.8, 4) is 0 Å². The molecule has 0 aliphatic heterocycles. The third-order valence-electron chi connectivity index (χ3n) is 5.05. The number of pyridine rings is 1. The molecule has 0 saturated heterocycles. The van der Waals surface area contributed by atoms with E-state index in [2.05, 4.69) is 37.4 Å². The average Bonchev–Trinajstić information content (AvgIpc) is 2.77. The fourth-order valence-electron chi connectivity index (χ4n) is 2.77. The first-order valence-electron chi connectivity index (χ1n) is 6.68. The molecular formula is C14H22N2O3S. The summed E-state index contributed by atoms with van der Waals surface area (Å²) in [6.07, 6.45) is 1.37. The summed E-state index contributed by atoms with van der Waals surface area (Å²) >= 11 is 0. The van der Waals surface area contributed by atoms with Gasteiger partial charge < -0.3 is 5.11 Å². The number of nitrogens with one attached hydrogen (secondary N) is 1. The maximum atomic E-state index is 12.1. The Labute approximate surface area is 120 Å². The highest BCUT2D eigenvalue weighted by Gasteiger charge is 2.64. The first-order valence-corrected chi connectivity index (χ1v) is 8.16. The van der Waals surface area contributed by atoms with Crippen molar-refractivity contribution in [2.24, 2.45) is 16.7 Å². The van der Waals surface area contributed by atoms with Crippen LogP contribution in [0.25, 0.3) is 0 Å². The van der Waals surface area contributed by atoms with E-state index >= 15 is 0 Å². The third-order valence-corrected chi connectivity index (χ3v) is 6.39. The molecule has 20 heavy (non-hydrogen) atoms. The summed E-state index contributed by atoms with van der Waals surface area (Å²) in [5.74, 6) is 0.321. The number of aromatic nitrogens is 1. The van der Waals surface area contributed by atoms with Gasteiger partial charge in [0, 0.05) is 12.7 Å². The lowest BCUT2D eigenvalue weighted by molar-refractivity contribution is 0.281. The Morgan fingerprint density at radius 1 is 1.25 bits per heavy atom. The molecule has 2 N–H and O–H groups in total. The summed E-state index contributed by atoms with van der Waals surface area (Å²) in [7, 11) is -3.58. The molecule has 6 heteroatoms. The van der Waals surface area contributed by atoms with Gasteiger partial charge in [0.05, 0.1) is 6.61 Å². The number of hydrogen-bond acceptors (Lipinski definition) is 4. The molecule has 0 atom stereocenters. The molecule has 1 fully saturated rings. The quantitative estimate of drug-likeness (QED) is 0.864. The van der Waals surface area contributed by atoms with E-state index in [0.29, 0.717) is 18.0 Å². The van der Waals surface area contributed by atoms with Crippen molar-refractivity contribution in [1.82, 2.24) is 9.71 Å². The summed E-state index contributed by atoms with van der Waals surface area (Å²) < 4.78 is 26.9. The van der Waals surface area contributed by atoms with Crippen LogP contribution in [0.1, 0.15) is 33.3 Å². The standard InChI is InChI=1S/C14H22N2O3S/c1-13(2)11(14(13,3)4)8-16-20(18,19)12-6-5-10(9-17)7-15-12/h5-7,11,16-17H,8-9H2,1-4H3. The van der Waals surface area contributed by atoms with Crippen molar-refractivity contribution >= 4 is 10.0 Å². The van der Waals surface area contributed by atoms with Crippen LogP contribution >= 0.6 is 0 Å². The topological polar surface area (TPSA) is 79.3 Å². The van der Waals surface area contributed by atoms with Gasteiger partial charge in [-0.15, -0.1) is 0 Å². The van der Waals surface area contributed by atoms with Gasteiger partial charge in [-0.3, -0.25) is 0 Å². The summed E-state index contributed by atoms with van der Waals surface area (Å²) in [4.78, 5) is 3.88. The van der Waals surface area contributed by atoms with Gasteiger partial charge >= 0.3 is 0 Å². The molecule has 1 aromatic heterocycles. The van der Waals surface area contributed by atoms with E-state index in [-0.39, 0.29) is 22.5 Å². The van der Waals surface area contributed by atoms with Gasteiger partial charge in [-0.1, -0.05) is 33.8 Å². The van der Waals surface area contributed by atoms with E-state index in [4.69, 9.17) is 5.11 Å². The molecule has 0 amide bonds. The Morgan fingerprint density at radius 2 is 1.85 bits per heavy atom. The fourth-order valence-corrected chi connectivity index (χ4v) is 3.75. The van der Waals surface area contributed by atoms with E-state index in [0.717, 1.165) is 0 Å². The van der Waals surface area contributed by atoms with Crippen molar-refractivity contribution in [3.05, 3.63) is 23.9 Å². The second-order valence-corrected chi connectivity index (χ2v) is 8.22. The minimum absolute atomic E-state index is 0.00837. The van der Waals surface area contributed by atoms with Gasteiger partial charge in [-0.2, -0.15) is 0 Å². The molecule has 0 spiro atoms. The Morgan fingerprint density at radius 3 is 2.25 bits per heavy atom. The summed E-state index contributed by atoms with van der Waals surface area (Å²) in [5, 5.41) is 8.92. The van der Waals surface area contributed by atoms with Crippen molar-refractivity contribution in [3.63, 3.8) is 0 Å². The molecule has 0 unspecified atom stereocenters. The van der Waals surface area contributed by atoms with Crippen LogP contribution in [0.3, 0.4) is 0 Å². The number of rotatable bonds is 5. The first kappa shape index (κ1) is 15.4. The molecule has 112 valence electrons. The molecule has 1 heterocycles. The van der Waals surface area contributed by atoms with Crippen molar-refractivity contribution in [1.29, 1.82) is 0 Å². The highest BCUT2D eigenvalue weighted by Crippen LogP contribution is 2.67. The van der Waals surface area contributed by atoms with Crippen LogP contribution in [0.2, 0.25) is 0 Å². The lowest BCUT2D eigenvalue weighted by Crippen LogP contribution is -2.28. The van der Waals surface area contributed by atoms with Crippen LogP contribution in [0, 0.1) is 16.7 Å². The predicted molar refractivity (Wildman–Crippen MR) is 76.4 cm³/mol. The van der Waals surface area contributed by atoms with E-state index in [1.165, 1.54) is 12.3 Å². The van der Waals surface area contributed by atoms with Gasteiger partial charge in [0.1, 0.15) is 0 Å². The highest BCUT2D eigenvalue weighted by molar-refractivity contribution is 7.89. The third kappa shape index (κ3) is 2.47. The monoisotopic (exact) mass is 298 g/mol. The van der Waals surface area contributed by atoms with E-state index in [1.54, 1.807) is 6.07 Å². The molecule has 5 nitrogen and oxygen atoms in total. The van der Waals surface area contributed by atoms with Crippen LogP contribution in [-0.2, 0) is 16.6 Å². The van der Waals surface area contributed by atoms with Crippen LogP contribution in [0.15, 0.2) is 23.4 Å². The van der Waals surface area contributed by atoms with Crippen molar-refractivity contribution in [2.75, 3.05) is 6.54 Å². The van der Waals surface area contributed by atoms with Gasteiger partial charge in [0.15, 0.2) is 5.03 Å². The van der Waals surface area contributed by atoms with Gasteiger partial charge in [-0.05, 0) is 28.4 Å². The number of sulfonamides is 1. The molecule has 1 aromatic rings. The van der Waals surface area contributed by atoms with Crippen molar-refractivity contribution < 1.29 is 13.5 Å². The number of aliphatic hydroxyl groups is 1. The molecular weight excluding hydrogens is 276 g/mol. The molecule has 1 aliphatic rings. The van der Waals surface area contributed by atoms with Crippen LogP contribution < -0.4 is 4.72 Å². The first-order chi connectivity index (χ1) is 9.13. The zero-order valence-corrected chi connectivity index (χ0v) is 13.2. The Bertz CT molecular complexity index is 577. The van der Waals surface area contributed by atoms with Gasteiger partial charge in [0.2, 0.25) is 0 Å². The van der Waals surface area contributed by atoms with Crippen molar-refractivity contribution in [2.45, 2.75) is 39.3 Å². The Hall–Kier alpha value is -0.980. The van der Waals surface area contributed by atoms with Crippen LogP contribution in [0.4, 0.5) is 0 Å². The molecule has 0 radical (unpaired) electrons. The van der Waals surface area contributed by atoms with Gasteiger partial charge in [0.25, 0.3) is 10.0 Å². The summed E-state index contributed by atoms with van der Waals surface area (Å²) in [6, 6.07) is 2.98. The minimum atomic E-state index is -3.58. The number of nitrogens with zero attached hydrogens (tertiary/aromatic N) is 1. The maximum Gasteiger partial charge on any atom is 0.258 e. The highest BCUT2D eigenvalue weighted by atomic mass is 32.2. The van der Waals surface area contributed by atoms with Crippen LogP contribution in [-0.4, -0.2) is 25.1 Å². The van der Waals surface area contributed by atoms with Crippen LogP contribution in [0.5, 0.6) is 0 Å². The largest absolute Gasteiger partial charge is 0.392 e. The number of hydrogen-bond donors (Lipinski definition) is 2. The molecule has 1 aliphatic carbocycles. The van der Waals surface area contributed by atoms with E-state index in [1.807, 2.05) is 0 Å². The van der Waals surface area contributed by atoms with E-state index in [9.17, 15) is 8.42 Å². The van der Waals surface area contributed by atoms with E-state index < -0.39 is 10.0 Å². The molecule has 0 bridgehead atoms. The lowest BCUT2D eigenvalue weighted by atomic mass is 10.0. The van der Waals surface area contributed by atoms with Gasteiger partial charge in [-0.25, -0.2) is 18.1 Å².